The second kappa shape index (κ2) is 7.14. The minimum absolute atomic E-state index is 0.0498. The average Bonchev–Trinajstić information content (AvgIpc) is 2.87. The molecule has 7 unspecified atom stereocenters. The van der Waals surface area contributed by atoms with Gasteiger partial charge in [-0.3, -0.25) is 9.59 Å². The number of aliphatic hydroxyl groups excluding tert-OH is 2. The number of carbonyl (C=O) groups is 2. The van der Waals surface area contributed by atoms with Crippen molar-refractivity contribution >= 4 is 12.1 Å². The lowest BCUT2D eigenvalue weighted by atomic mass is 9.40. The van der Waals surface area contributed by atoms with Gasteiger partial charge >= 0.3 is 0 Å². The van der Waals surface area contributed by atoms with Crippen LogP contribution in [0.2, 0.25) is 0 Å². The van der Waals surface area contributed by atoms with Crippen molar-refractivity contribution in [1.82, 2.24) is 0 Å². The molecule has 3 N–H and O–H groups in total. The first-order chi connectivity index (χ1) is 13.5. The van der Waals surface area contributed by atoms with Gasteiger partial charge < -0.3 is 15.3 Å². The molecule has 0 aromatic rings. The molecule has 3 saturated carbocycles. The molecule has 29 heavy (non-hydrogen) atoms. The first kappa shape index (κ1) is 22.4. The van der Waals surface area contributed by atoms with Crippen LogP contribution in [0.5, 0.6) is 0 Å². The third-order valence-corrected chi connectivity index (χ3v) is 9.42. The summed E-state index contributed by atoms with van der Waals surface area (Å²) in [5, 5.41) is 32.7. The van der Waals surface area contributed by atoms with Crippen LogP contribution in [0.1, 0.15) is 60.3 Å². The Morgan fingerprint density at radius 2 is 1.90 bits per heavy atom. The number of fused-ring (bicyclic) bond motifs is 3. The number of aliphatic hydroxyl groups is 3. The molecule has 3 aliphatic rings. The Hall–Kier alpha value is -1.30. The van der Waals surface area contributed by atoms with Gasteiger partial charge in [0, 0.05) is 16.2 Å². The number of Topliss-reactive ketones (excluding diaryl/α,β-unsaturated/α-hetero) is 1. The second-order valence-electron chi connectivity index (χ2n) is 10.2. The summed E-state index contributed by atoms with van der Waals surface area (Å²) in [6, 6.07) is 0. The van der Waals surface area contributed by atoms with E-state index in [-0.39, 0.29) is 17.8 Å². The van der Waals surface area contributed by atoms with E-state index in [4.69, 9.17) is 0 Å². The lowest BCUT2D eigenvalue weighted by molar-refractivity contribution is -0.208. The first-order valence-corrected chi connectivity index (χ1v) is 10.8. The van der Waals surface area contributed by atoms with Gasteiger partial charge in [-0.15, -0.1) is 0 Å². The molecule has 3 aliphatic carbocycles. The lowest BCUT2D eigenvalue weighted by Gasteiger charge is -2.65. The monoisotopic (exact) mass is 404 g/mol. The van der Waals surface area contributed by atoms with Crippen molar-refractivity contribution < 1.29 is 24.9 Å². The van der Waals surface area contributed by atoms with Gasteiger partial charge in [0.1, 0.15) is 18.5 Å². The van der Waals surface area contributed by atoms with E-state index < -0.39 is 40.3 Å². The molecule has 8 atom stereocenters. The zero-order chi connectivity index (χ0) is 21.8. The first-order valence-electron chi connectivity index (χ1n) is 10.8. The Balaban J connectivity index is 2.17. The number of aldehydes is 1. The Morgan fingerprint density at radius 1 is 1.24 bits per heavy atom. The van der Waals surface area contributed by atoms with E-state index in [0.717, 1.165) is 24.7 Å². The quantitative estimate of drug-likeness (QED) is 0.380. The van der Waals surface area contributed by atoms with Gasteiger partial charge in [-0.25, -0.2) is 0 Å². The average molecular weight is 405 g/mol. The Labute approximate surface area is 173 Å². The molecule has 0 bridgehead atoms. The molecule has 162 valence electrons. The Kier molecular flexibility index (Phi) is 5.51. The van der Waals surface area contributed by atoms with Crippen LogP contribution >= 0.6 is 0 Å². The lowest BCUT2D eigenvalue weighted by Crippen LogP contribution is -2.66. The summed E-state index contributed by atoms with van der Waals surface area (Å²) in [5.41, 5.74) is -2.41. The van der Waals surface area contributed by atoms with Gasteiger partial charge in [0.05, 0.1) is 6.10 Å². The summed E-state index contributed by atoms with van der Waals surface area (Å²) in [5.74, 6) is -0.691. The highest BCUT2D eigenvalue weighted by Gasteiger charge is 2.73. The summed E-state index contributed by atoms with van der Waals surface area (Å²) in [6.07, 6.45) is 8.33. The second-order valence-corrected chi connectivity index (χ2v) is 10.2. The summed E-state index contributed by atoms with van der Waals surface area (Å²) in [7, 11) is 0. The fourth-order valence-electron chi connectivity index (χ4n) is 7.67. The van der Waals surface area contributed by atoms with Crippen LogP contribution in [-0.4, -0.2) is 45.7 Å². The number of carbonyl (C=O) groups excluding carboxylic acids is 2. The minimum atomic E-state index is -1.63. The molecular weight excluding hydrogens is 368 g/mol. The van der Waals surface area contributed by atoms with Gasteiger partial charge in [0.2, 0.25) is 0 Å². The molecule has 5 nitrogen and oxygen atoms in total. The van der Waals surface area contributed by atoms with Crippen molar-refractivity contribution in [3.05, 3.63) is 23.8 Å². The fraction of sp³-hybridized carbons (Fsp3) is 0.750. The predicted octanol–water partition coefficient (Wildman–Crippen LogP) is 2.83. The molecule has 0 spiro atoms. The van der Waals surface area contributed by atoms with E-state index in [0.29, 0.717) is 12.8 Å². The summed E-state index contributed by atoms with van der Waals surface area (Å²) in [4.78, 5) is 24.0. The number of rotatable bonds is 4. The van der Waals surface area contributed by atoms with E-state index in [1.807, 2.05) is 26.8 Å². The Bertz CT molecular complexity index is 756. The van der Waals surface area contributed by atoms with E-state index >= 15 is 0 Å². The van der Waals surface area contributed by atoms with E-state index in [1.165, 1.54) is 0 Å². The van der Waals surface area contributed by atoms with Crippen LogP contribution in [-0.2, 0) is 9.59 Å². The molecule has 0 heterocycles. The third kappa shape index (κ3) is 2.56. The highest BCUT2D eigenvalue weighted by Crippen LogP contribution is 2.72. The predicted molar refractivity (Wildman–Crippen MR) is 111 cm³/mol. The zero-order valence-corrected chi connectivity index (χ0v) is 18.3. The maximum absolute atomic E-state index is 12.7. The van der Waals surface area contributed by atoms with Crippen molar-refractivity contribution in [3.63, 3.8) is 0 Å². The van der Waals surface area contributed by atoms with Crippen molar-refractivity contribution in [2.45, 2.75) is 72.0 Å². The van der Waals surface area contributed by atoms with Gasteiger partial charge in [-0.05, 0) is 56.4 Å². The number of ketones is 1. The summed E-state index contributed by atoms with van der Waals surface area (Å²) in [6.45, 7) is 9.27. The topological polar surface area (TPSA) is 94.8 Å². The molecule has 0 radical (unpaired) electrons. The van der Waals surface area contributed by atoms with Gasteiger partial charge in [-0.1, -0.05) is 45.4 Å². The van der Waals surface area contributed by atoms with E-state index in [2.05, 4.69) is 19.9 Å². The molecule has 0 aromatic heterocycles. The van der Waals surface area contributed by atoms with Crippen molar-refractivity contribution in [2.24, 2.45) is 34.0 Å². The maximum atomic E-state index is 12.7. The SMILES string of the molecule is C/C=C\C1(C)/C(=C\C=O)CCC2C3CC(C)[C@](O)(C(=O)CO)C3(C)CC(O)C21C. The van der Waals surface area contributed by atoms with E-state index in [1.54, 1.807) is 6.08 Å². The van der Waals surface area contributed by atoms with Gasteiger partial charge in [-0.2, -0.15) is 0 Å². The van der Waals surface area contributed by atoms with Crippen molar-refractivity contribution in [1.29, 1.82) is 0 Å². The van der Waals surface area contributed by atoms with Crippen LogP contribution in [0, 0.1) is 34.0 Å². The van der Waals surface area contributed by atoms with E-state index in [9.17, 15) is 24.9 Å². The van der Waals surface area contributed by atoms with Crippen LogP contribution in [0.4, 0.5) is 0 Å². The molecule has 0 aromatic carbocycles. The molecular formula is C24H36O5. The number of hydrogen-bond donors (Lipinski definition) is 3. The van der Waals surface area contributed by atoms with Crippen LogP contribution in [0.15, 0.2) is 23.8 Å². The fourth-order valence-corrected chi connectivity index (χ4v) is 7.67. The molecule has 0 amide bonds. The van der Waals surface area contributed by atoms with Crippen LogP contribution < -0.4 is 0 Å². The van der Waals surface area contributed by atoms with Crippen LogP contribution in [0.3, 0.4) is 0 Å². The smallest absolute Gasteiger partial charge is 0.190 e. The standard InChI is InChI=1S/C24H36O5/c1-6-10-21(3)16(9-11-25)7-8-17-18-12-15(2)24(29,20(28)14-26)22(18,4)13-19(27)23(17,21)5/h6,9-11,15,17-19,26-27,29H,7-8,12-14H2,1-5H3/b10-6-,16-9-/t15?,17?,18?,19?,21?,22?,23?,24-/m0/s1. The van der Waals surface area contributed by atoms with Crippen LogP contribution in [0.25, 0.3) is 0 Å². The largest absolute Gasteiger partial charge is 0.392 e. The molecule has 0 saturated heterocycles. The third-order valence-electron chi connectivity index (χ3n) is 9.42. The number of allylic oxidation sites excluding steroid dienone is 4. The minimum Gasteiger partial charge on any atom is -0.392 e. The molecule has 5 heteroatoms. The molecule has 0 aliphatic heterocycles. The Morgan fingerprint density at radius 3 is 2.45 bits per heavy atom. The molecule has 3 fully saturated rings. The van der Waals surface area contributed by atoms with Gasteiger partial charge in [0.15, 0.2) is 5.78 Å². The number of hydrogen-bond acceptors (Lipinski definition) is 5. The van der Waals surface area contributed by atoms with Crippen molar-refractivity contribution in [2.75, 3.05) is 6.61 Å². The molecule has 3 rings (SSSR count). The summed E-state index contributed by atoms with van der Waals surface area (Å²) < 4.78 is 0. The van der Waals surface area contributed by atoms with Crippen molar-refractivity contribution in [3.8, 4) is 0 Å². The zero-order valence-electron chi connectivity index (χ0n) is 18.3. The normalized spacial score (nSPS) is 51.1. The highest BCUT2D eigenvalue weighted by atomic mass is 16.3. The maximum Gasteiger partial charge on any atom is 0.190 e. The van der Waals surface area contributed by atoms with Gasteiger partial charge in [0.25, 0.3) is 0 Å². The highest BCUT2D eigenvalue weighted by molar-refractivity contribution is 5.90. The summed E-state index contributed by atoms with van der Waals surface area (Å²) >= 11 is 0.